The number of ether oxygens (including phenoxy) is 1. The summed E-state index contributed by atoms with van der Waals surface area (Å²) in [6, 6.07) is 14.5. The second-order valence-corrected chi connectivity index (χ2v) is 5.66. The Labute approximate surface area is 220 Å². The van der Waals surface area contributed by atoms with Crippen molar-refractivity contribution in [3.8, 4) is 5.88 Å². The molecule has 1 aliphatic heterocycles. The molecule has 0 aliphatic carbocycles. The predicted octanol–water partition coefficient (Wildman–Crippen LogP) is -1.49. The fourth-order valence-electron chi connectivity index (χ4n) is 2.71. The van der Waals surface area contributed by atoms with Crippen molar-refractivity contribution in [1.29, 1.82) is 0 Å². The van der Waals surface area contributed by atoms with Gasteiger partial charge in [-0.2, -0.15) is 11.9 Å². The number of aromatic nitrogens is 4. The summed E-state index contributed by atoms with van der Waals surface area (Å²) in [4.78, 5) is 21.7. The SMILES string of the molecule is O=C(c1[c-]cn[c-]n1)N1CCn2nc(OCc3ccccc3)cc2C1.[Rb+].[Re]. The van der Waals surface area contributed by atoms with E-state index in [9.17, 15) is 4.79 Å². The average molecular weight is 605 g/mol. The van der Waals surface area contributed by atoms with Crippen molar-refractivity contribution in [1.82, 2.24) is 24.6 Å². The quantitative estimate of drug-likeness (QED) is 0.340. The number of rotatable bonds is 4. The van der Waals surface area contributed by atoms with Gasteiger partial charge in [0.15, 0.2) is 0 Å². The molecule has 0 bridgehead atoms. The average Bonchev–Trinajstić information content (AvgIpc) is 3.09. The van der Waals surface area contributed by atoms with Crippen LogP contribution in [0.4, 0.5) is 0 Å². The van der Waals surface area contributed by atoms with Gasteiger partial charge in [-0.1, -0.05) is 30.3 Å². The standard InChI is InChI=1S/C18H15N5O2.Rb.Re/c24-18(16-6-7-19-13-20-16)22-8-9-23-15(11-22)10-17(21-23)25-12-14-4-2-1-3-5-14;;/h1-5,7,10H,8-9,11-12H2;;/q-2;+1;. The van der Waals surface area contributed by atoms with Crippen LogP contribution in [-0.4, -0.2) is 37.1 Å². The largest absolute Gasteiger partial charge is 1.00 e. The molecule has 1 aliphatic rings. The molecular formula is C18H15N5O2RbRe-. The van der Waals surface area contributed by atoms with E-state index in [1.165, 1.54) is 6.20 Å². The third kappa shape index (κ3) is 5.63. The smallest absolute Gasteiger partial charge is 0.472 e. The van der Waals surface area contributed by atoms with Crippen molar-refractivity contribution in [2.45, 2.75) is 19.7 Å². The Morgan fingerprint density at radius 2 is 2.04 bits per heavy atom. The van der Waals surface area contributed by atoms with Crippen LogP contribution in [0.2, 0.25) is 0 Å². The first-order valence-electron chi connectivity index (χ1n) is 7.93. The zero-order valence-corrected chi connectivity index (χ0v) is 22.4. The fraction of sp³-hybridized carbons (Fsp3) is 0.222. The summed E-state index contributed by atoms with van der Waals surface area (Å²) in [5.41, 5.74) is 2.24. The molecule has 1 aromatic carbocycles. The summed E-state index contributed by atoms with van der Waals surface area (Å²) in [5, 5.41) is 4.45. The van der Waals surface area contributed by atoms with Gasteiger partial charge in [0.2, 0.25) is 5.88 Å². The van der Waals surface area contributed by atoms with Crippen molar-refractivity contribution in [3.63, 3.8) is 0 Å². The molecule has 0 saturated heterocycles. The van der Waals surface area contributed by atoms with Gasteiger partial charge in [-0.25, -0.2) is 0 Å². The number of hydrogen-bond donors (Lipinski definition) is 0. The van der Waals surface area contributed by atoms with E-state index in [0.29, 0.717) is 32.1 Å². The van der Waals surface area contributed by atoms with Gasteiger partial charge >= 0.3 is 58.2 Å². The summed E-state index contributed by atoms with van der Waals surface area (Å²) in [6.07, 6.45) is 3.81. The molecule has 0 fully saturated rings. The van der Waals surface area contributed by atoms with Crippen LogP contribution in [0, 0.1) is 12.4 Å². The van der Waals surface area contributed by atoms with Crippen molar-refractivity contribution in [2.75, 3.05) is 6.54 Å². The van der Waals surface area contributed by atoms with E-state index < -0.39 is 0 Å². The number of carbonyl (C=O) groups excluding carboxylic acids is 1. The van der Waals surface area contributed by atoms with Gasteiger partial charge < -0.3 is 30.5 Å². The molecule has 9 heteroatoms. The first-order chi connectivity index (χ1) is 12.3. The fourth-order valence-corrected chi connectivity index (χ4v) is 2.71. The first kappa shape index (κ1) is 22.5. The van der Waals surface area contributed by atoms with Crippen LogP contribution in [0.5, 0.6) is 5.88 Å². The Morgan fingerprint density at radius 3 is 2.78 bits per heavy atom. The van der Waals surface area contributed by atoms with Crippen LogP contribution in [0.25, 0.3) is 0 Å². The third-order valence-corrected chi connectivity index (χ3v) is 3.98. The monoisotopic (exact) mass is 605 g/mol. The molecule has 3 heterocycles. The predicted molar refractivity (Wildman–Crippen MR) is 87.4 cm³/mol. The van der Waals surface area contributed by atoms with Crippen molar-refractivity contribution in [3.05, 3.63) is 71.9 Å². The normalized spacial score (nSPS) is 12.4. The molecule has 0 unspecified atom stereocenters. The Balaban J connectivity index is 0.00000131. The van der Waals surface area contributed by atoms with E-state index in [1.54, 1.807) is 4.90 Å². The van der Waals surface area contributed by atoms with Crippen molar-refractivity contribution in [2.24, 2.45) is 0 Å². The molecule has 2 aromatic heterocycles. The Morgan fingerprint density at radius 1 is 1.22 bits per heavy atom. The van der Waals surface area contributed by atoms with Crippen LogP contribution < -0.4 is 62.9 Å². The van der Waals surface area contributed by atoms with Gasteiger partial charge in [-0.3, -0.25) is 4.68 Å². The Kier molecular flexibility index (Phi) is 8.93. The molecule has 4 rings (SSSR count). The molecule has 1 amide bonds. The number of benzene rings is 1. The molecule has 27 heavy (non-hydrogen) atoms. The van der Waals surface area contributed by atoms with Gasteiger partial charge in [0.05, 0.1) is 18.1 Å². The van der Waals surface area contributed by atoms with E-state index in [2.05, 4.69) is 27.5 Å². The maximum atomic E-state index is 12.5. The molecule has 3 aromatic rings. The minimum Gasteiger partial charge on any atom is -0.472 e. The van der Waals surface area contributed by atoms with Crippen LogP contribution in [0.1, 0.15) is 21.7 Å². The van der Waals surface area contributed by atoms with Crippen LogP contribution in [0.3, 0.4) is 0 Å². The van der Waals surface area contributed by atoms with Gasteiger partial charge in [-0.15, -0.1) is 5.10 Å². The number of amides is 1. The number of carbonyl (C=O) groups is 1. The van der Waals surface area contributed by atoms with Gasteiger partial charge in [0.1, 0.15) is 6.61 Å². The molecule has 0 spiro atoms. The zero-order chi connectivity index (χ0) is 17.1. The molecule has 0 atom stereocenters. The van der Waals surface area contributed by atoms with Crippen LogP contribution in [0.15, 0.2) is 42.6 Å². The first-order valence-corrected chi connectivity index (χ1v) is 7.93. The van der Waals surface area contributed by atoms with Crippen molar-refractivity contribution < 1.29 is 88.1 Å². The van der Waals surface area contributed by atoms with Gasteiger partial charge in [0.25, 0.3) is 0 Å². The van der Waals surface area contributed by atoms with E-state index in [4.69, 9.17) is 4.74 Å². The molecule has 0 saturated carbocycles. The molecule has 133 valence electrons. The molecule has 7 nitrogen and oxygen atoms in total. The van der Waals surface area contributed by atoms with E-state index in [0.717, 1.165) is 11.3 Å². The maximum Gasteiger partial charge on any atom is 1.00 e. The summed E-state index contributed by atoms with van der Waals surface area (Å²) in [6.45, 7) is 2.10. The Bertz CT molecular complexity index is 876. The minimum atomic E-state index is -0.183. The number of hydrogen-bond acceptors (Lipinski definition) is 5. The second kappa shape index (κ2) is 10.7. The van der Waals surface area contributed by atoms with Crippen LogP contribution in [-0.2, 0) is 40.1 Å². The second-order valence-electron chi connectivity index (χ2n) is 5.66. The van der Waals surface area contributed by atoms with Gasteiger partial charge in [-0.05, 0) is 5.56 Å². The van der Waals surface area contributed by atoms with Gasteiger partial charge in [0, 0.05) is 45.9 Å². The summed E-state index contributed by atoms with van der Waals surface area (Å²) in [7, 11) is 0. The van der Waals surface area contributed by atoms with Crippen LogP contribution >= 0.6 is 0 Å². The van der Waals surface area contributed by atoms with Crippen molar-refractivity contribution >= 4 is 5.91 Å². The molecular weight excluding hydrogens is 590 g/mol. The summed E-state index contributed by atoms with van der Waals surface area (Å²) < 4.78 is 7.63. The maximum absolute atomic E-state index is 12.5. The number of nitrogens with zero attached hydrogens (tertiary/aromatic N) is 5. The Hall–Kier alpha value is -0.752. The summed E-state index contributed by atoms with van der Waals surface area (Å²) >= 11 is 0. The minimum absolute atomic E-state index is 0. The van der Waals surface area contributed by atoms with E-state index >= 15 is 0 Å². The topological polar surface area (TPSA) is 73.1 Å². The molecule has 1 radical (unpaired) electrons. The van der Waals surface area contributed by atoms with E-state index in [-0.39, 0.29) is 90.2 Å². The third-order valence-electron chi connectivity index (χ3n) is 3.98. The number of fused-ring (bicyclic) bond motifs is 1. The molecule has 0 N–H and O–H groups in total. The zero-order valence-electron chi connectivity index (χ0n) is 14.8. The summed E-state index contributed by atoms with van der Waals surface area (Å²) in [5.74, 6) is 0.382. The van der Waals surface area contributed by atoms with E-state index in [1.807, 2.05) is 41.1 Å².